The van der Waals surface area contributed by atoms with Gasteiger partial charge in [0.15, 0.2) is 0 Å². The summed E-state index contributed by atoms with van der Waals surface area (Å²) in [6.45, 7) is 0.339. The van der Waals surface area contributed by atoms with Gasteiger partial charge in [0.2, 0.25) is 11.8 Å². The highest BCUT2D eigenvalue weighted by molar-refractivity contribution is 6.04. The molecule has 0 bridgehead atoms. The van der Waals surface area contributed by atoms with Gasteiger partial charge < -0.3 is 15.0 Å². The molecular formula is C25H24N2O3. The van der Waals surface area contributed by atoms with E-state index in [1.54, 1.807) is 12.0 Å². The van der Waals surface area contributed by atoms with Crippen molar-refractivity contribution in [1.29, 1.82) is 0 Å². The molecule has 0 aliphatic carbocycles. The number of nitrogens with one attached hydrogen (secondary N) is 1. The monoisotopic (exact) mass is 400 g/mol. The summed E-state index contributed by atoms with van der Waals surface area (Å²) in [5.41, 5.74) is 3.71. The van der Waals surface area contributed by atoms with Gasteiger partial charge in [0.25, 0.3) is 0 Å². The van der Waals surface area contributed by atoms with Gasteiger partial charge in [-0.1, -0.05) is 60.7 Å². The lowest BCUT2D eigenvalue weighted by atomic mass is 10.0. The molecule has 0 radical (unpaired) electrons. The molecule has 0 spiro atoms. The zero-order chi connectivity index (χ0) is 20.9. The molecule has 5 heteroatoms. The number of rotatable bonds is 6. The molecule has 0 aromatic heterocycles. The van der Waals surface area contributed by atoms with Gasteiger partial charge in [0, 0.05) is 18.7 Å². The quantitative estimate of drug-likeness (QED) is 0.672. The van der Waals surface area contributed by atoms with Crippen LogP contribution in [0.15, 0.2) is 78.9 Å². The smallest absolute Gasteiger partial charge is 0.229 e. The van der Waals surface area contributed by atoms with Crippen LogP contribution in [0.2, 0.25) is 0 Å². The van der Waals surface area contributed by atoms with E-state index in [1.165, 1.54) is 5.56 Å². The molecule has 1 atom stereocenters. The van der Waals surface area contributed by atoms with Crippen molar-refractivity contribution in [3.8, 4) is 5.75 Å². The third-order valence-electron chi connectivity index (χ3n) is 5.38. The minimum atomic E-state index is -0.410. The van der Waals surface area contributed by atoms with Gasteiger partial charge in [0.05, 0.1) is 18.7 Å². The number of hydrogen-bond donors (Lipinski definition) is 1. The van der Waals surface area contributed by atoms with Crippen LogP contribution in [0.3, 0.4) is 0 Å². The van der Waals surface area contributed by atoms with Gasteiger partial charge in [-0.25, -0.2) is 0 Å². The molecule has 152 valence electrons. The average molecular weight is 400 g/mol. The summed E-state index contributed by atoms with van der Waals surface area (Å²) in [5, 5.41) is 3.04. The zero-order valence-corrected chi connectivity index (χ0v) is 16.9. The highest BCUT2D eigenvalue weighted by Crippen LogP contribution is 2.33. The fraction of sp³-hybridized carbons (Fsp3) is 0.200. The highest BCUT2D eigenvalue weighted by atomic mass is 16.5. The predicted molar refractivity (Wildman–Crippen MR) is 118 cm³/mol. The largest absolute Gasteiger partial charge is 0.495 e. The molecule has 1 heterocycles. The van der Waals surface area contributed by atoms with E-state index in [9.17, 15) is 9.59 Å². The van der Waals surface area contributed by atoms with Crippen LogP contribution in [0.1, 0.15) is 17.5 Å². The maximum Gasteiger partial charge on any atom is 0.229 e. The first-order valence-corrected chi connectivity index (χ1v) is 10.0. The number of anilines is 2. The summed E-state index contributed by atoms with van der Waals surface area (Å²) >= 11 is 0. The van der Waals surface area contributed by atoms with Crippen molar-refractivity contribution >= 4 is 23.2 Å². The molecule has 1 aliphatic rings. The van der Waals surface area contributed by atoms with Crippen molar-refractivity contribution in [3.63, 3.8) is 0 Å². The van der Waals surface area contributed by atoms with E-state index >= 15 is 0 Å². The van der Waals surface area contributed by atoms with Gasteiger partial charge in [-0.3, -0.25) is 9.59 Å². The summed E-state index contributed by atoms with van der Waals surface area (Å²) in [6.07, 6.45) is 0.916. The van der Waals surface area contributed by atoms with Gasteiger partial charge in [-0.15, -0.1) is 0 Å². The van der Waals surface area contributed by atoms with Crippen molar-refractivity contribution in [1.82, 2.24) is 0 Å². The summed E-state index contributed by atoms with van der Waals surface area (Å²) in [7, 11) is 1.58. The van der Waals surface area contributed by atoms with E-state index in [2.05, 4.69) is 17.4 Å². The predicted octanol–water partition coefficient (Wildman–Crippen LogP) is 4.28. The minimum Gasteiger partial charge on any atom is -0.495 e. The minimum absolute atomic E-state index is 0.0720. The number of amides is 2. The summed E-state index contributed by atoms with van der Waals surface area (Å²) in [6, 6.07) is 25.3. The molecule has 0 saturated carbocycles. The van der Waals surface area contributed by atoms with E-state index in [0.717, 1.165) is 17.7 Å². The van der Waals surface area contributed by atoms with Gasteiger partial charge in [-0.05, 0) is 35.7 Å². The van der Waals surface area contributed by atoms with Gasteiger partial charge in [-0.2, -0.15) is 0 Å². The third kappa shape index (κ3) is 4.20. The first-order valence-electron chi connectivity index (χ1n) is 10.0. The van der Waals surface area contributed by atoms with Crippen LogP contribution in [0.25, 0.3) is 0 Å². The van der Waals surface area contributed by atoms with Crippen molar-refractivity contribution in [3.05, 3.63) is 90.0 Å². The van der Waals surface area contributed by atoms with Crippen molar-refractivity contribution in [2.24, 2.45) is 5.92 Å². The van der Waals surface area contributed by atoms with E-state index in [0.29, 0.717) is 18.0 Å². The van der Waals surface area contributed by atoms with Crippen LogP contribution >= 0.6 is 0 Å². The van der Waals surface area contributed by atoms with Crippen LogP contribution in [-0.4, -0.2) is 25.5 Å². The number of hydrogen-bond acceptors (Lipinski definition) is 3. The Balaban J connectivity index is 1.48. The summed E-state index contributed by atoms with van der Waals surface area (Å²) < 4.78 is 5.38. The lowest BCUT2D eigenvalue weighted by molar-refractivity contribution is -0.122. The number of nitrogens with zero attached hydrogens (tertiary/aromatic N) is 1. The van der Waals surface area contributed by atoms with Crippen LogP contribution < -0.4 is 15.0 Å². The molecule has 4 rings (SSSR count). The fourth-order valence-corrected chi connectivity index (χ4v) is 3.82. The van der Waals surface area contributed by atoms with Crippen LogP contribution in [0.5, 0.6) is 5.75 Å². The van der Waals surface area contributed by atoms with Crippen LogP contribution in [-0.2, 0) is 16.0 Å². The molecule has 3 aromatic carbocycles. The zero-order valence-electron chi connectivity index (χ0n) is 16.9. The van der Waals surface area contributed by atoms with E-state index < -0.39 is 5.92 Å². The highest BCUT2D eigenvalue weighted by Gasteiger charge is 2.36. The molecule has 2 amide bonds. The number of carbonyl (C=O) groups is 2. The Hall–Kier alpha value is -3.60. The maximum absolute atomic E-state index is 13.0. The number of benzene rings is 3. The normalized spacial score (nSPS) is 15.8. The Kier molecular flexibility index (Phi) is 5.80. The third-order valence-corrected chi connectivity index (χ3v) is 5.38. The average Bonchev–Trinajstić information content (AvgIpc) is 3.17. The number of carbonyl (C=O) groups excluding carboxylic acids is 2. The second-order valence-corrected chi connectivity index (χ2v) is 7.39. The van der Waals surface area contributed by atoms with E-state index in [-0.39, 0.29) is 18.2 Å². The molecule has 3 aromatic rings. The van der Waals surface area contributed by atoms with E-state index in [4.69, 9.17) is 4.74 Å². The maximum atomic E-state index is 13.0. The molecule has 1 N–H and O–H groups in total. The Bertz CT molecular complexity index is 1050. The first kappa shape index (κ1) is 19.7. The molecule has 1 unspecified atom stereocenters. The standard InChI is InChI=1S/C25H24N2O3/c1-30-23-14-8-7-13-22(23)27-17-20(16-24(27)28)25(29)26-21-12-6-5-11-19(21)15-18-9-3-2-4-10-18/h2-14,20H,15-17H2,1H3,(H,26,29). The Morgan fingerprint density at radius 1 is 1.00 bits per heavy atom. The van der Waals surface area contributed by atoms with Gasteiger partial charge >= 0.3 is 0 Å². The van der Waals surface area contributed by atoms with Crippen LogP contribution in [0, 0.1) is 5.92 Å². The molecule has 1 saturated heterocycles. The second kappa shape index (κ2) is 8.82. The van der Waals surface area contributed by atoms with Crippen molar-refractivity contribution < 1.29 is 14.3 Å². The topological polar surface area (TPSA) is 58.6 Å². The first-order chi connectivity index (χ1) is 14.7. The number of para-hydroxylation sites is 3. The second-order valence-electron chi connectivity index (χ2n) is 7.39. The summed E-state index contributed by atoms with van der Waals surface area (Å²) in [5.74, 6) is 0.00536. The molecular weight excluding hydrogens is 376 g/mol. The molecule has 1 aliphatic heterocycles. The lowest BCUT2D eigenvalue weighted by Crippen LogP contribution is -2.28. The van der Waals surface area contributed by atoms with Crippen LogP contribution in [0.4, 0.5) is 11.4 Å². The van der Waals surface area contributed by atoms with Crippen molar-refractivity contribution in [2.45, 2.75) is 12.8 Å². The SMILES string of the molecule is COc1ccccc1N1CC(C(=O)Nc2ccccc2Cc2ccccc2)CC1=O. The molecule has 5 nitrogen and oxygen atoms in total. The van der Waals surface area contributed by atoms with Gasteiger partial charge in [0.1, 0.15) is 5.75 Å². The van der Waals surface area contributed by atoms with Crippen molar-refractivity contribution in [2.75, 3.05) is 23.9 Å². The van der Waals surface area contributed by atoms with E-state index in [1.807, 2.05) is 66.7 Å². The molecule has 1 fully saturated rings. The lowest BCUT2D eigenvalue weighted by Gasteiger charge is -2.19. The Morgan fingerprint density at radius 2 is 1.70 bits per heavy atom. The molecule has 30 heavy (non-hydrogen) atoms. The fourth-order valence-electron chi connectivity index (χ4n) is 3.82. The summed E-state index contributed by atoms with van der Waals surface area (Å²) in [4.78, 5) is 27.2. The Morgan fingerprint density at radius 3 is 2.50 bits per heavy atom. The number of ether oxygens (including phenoxy) is 1. The number of methoxy groups -OCH3 is 1. The Labute approximate surface area is 176 Å².